The zero-order valence-electron chi connectivity index (χ0n) is 9.70. The third-order valence-electron chi connectivity index (χ3n) is 2.85. The molecule has 16 heavy (non-hydrogen) atoms. The van der Waals surface area contributed by atoms with Crippen LogP contribution in [0.3, 0.4) is 0 Å². The fraction of sp³-hybridized carbons (Fsp3) is 1.00. The van der Waals surface area contributed by atoms with Crippen LogP contribution in [0.1, 0.15) is 0 Å². The summed E-state index contributed by atoms with van der Waals surface area (Å²) in [5.74, 6) is 0. The maximum Gasteiger partial charge on any atom is 0.265 e. The lowest BCUT2D eigenvalue weighted by atomic mass is 10.3. The number of likely N-dealkylation sites (N-methyl/N-ethyl adjacent to an activating group) is 1. The largest absolute Gasteiger partial charge is 0.386 e. The van der Waals surface area contributed by atoms with Gasteiger partial charge in [0.05, 0.1) is 0 Å². The minimum atomic E-state index is -2.66. The van der Waals surface area contributed by atoms with Crippen LogP contribution in [0.5, 0.6) is 0 Å². The van der Waals surface area contributed by atoms with E-state index in [1.165, 1.54) is 0 Å². The van der Waals surface area contributed by atoms with Crippen LogP contribution in [-0.4, -0.2) is 80.3 Å². The number of nitrogens with zero attached hydrogens (tertiary/aromatic N) is 2. The van der Waals surface area contributed by atoms with Crippen molar-refractivity contribution in [3.05, 3.63) is 0 Å². The highest BCUT2D eigenvalue weighted by Gasteiger charge is 2.16. The van der Waals surface area contributed by atoms with Gasteiger partial charge in [-0.2, -0.15) is 0 Å². The normalized spacial score (nSPS) is 21.6. The topological polar surface area (TPSA) is 38.7 Å². The van der Waals surface area contributed by atoms with Crippen LogP contribution in [0.25, 0.3) is 0 Å². The zero-order valence-corrected chi connectivity index (χ0v) is 9.70. The molecule has 0 aromatic rings. The number of piperazine rings is 1. The first-order valence-corrected chi connectivity index (χ1v) is 5.67. The maximum atomic E-state index is 11.9. The molecule has 2 N–H and O–H groups in total. The molecule has 0 aromatic carbocycles. The molecule has 1 rings (SSSR count). The Bertz CT molecular complexity index is 187. The van der Waals surface area contributed by atoms with E-state index in [1.54, 1.807) is 0 Å². The molecule has 0 spiro atoms. The second-order valence-electron chi connectivity index (χ2n) is 4.25. The number of rotatable bonds is 6. The molecule has 1 saturated heterocycles. The lowest BCUT2D eigenvalue weighted by Crippen LogP contribution is -2.47. The van der Waals surface area contributed by atoms with Gasteiger partial charge in [-0.1, -0.05) is 0 Å². The third kappa shape index (κ3) is 5.16. The average Bonchev–Trinajstić information content (AvgIpc) is 2.26. The molecular weight excluding hydrogens is 216 g/mol. The van der Waals surface area contributed by atoms with Gasteiger partial charge in [0.2, 0.25) is 0 Å². The Kier molecular flexibility index (Phi) is 6.12. The summed E-state index contributed by atoms with van der Waals surface area (Å²) in [6.45, 7) is 5.62. The number of halogens is 2. The molecule has 1 unspecified atom stereocenters. The summed E-state index contributed by atoms with van der Waals surface area (Å²) in [5, 5.41) is 11.7. The number of hydrogen-bond donors (Lipinski definition) is 2. The molecule has 0 aliphatic carbocycles. The minimum Gasteiger partial charge on any atom is -0.386 e. The van der Waals surface area contributed by atoms with Crippen molar-refractivity contribution in [2.24, 2.45) is 0 Å². The molecule has 1 heterocycles. The van der Waals surface area contributed by atoms with Gasteiger partial charge in [0, 0.05) is 45.8 Å². The summed E-state index contributed by atoms with van der Waals surface area (Å²) in [5.41, 5.74) is 0. The van der Waals surface area contributed by atoms with E-state index >= 15 is 0 Å². The monoisotopic (exact) mass is 237 g/mol. The van der Waals surface area contributed by atoms with E-state index in [2.05, 4.69) is 22.2 Å². The van der Waals surface area contributed by atoms with Crippen LogP contribution in [0.2, 0.25) is 0 Å². The highest BCUT2D eigenvalue weighted by Crippen LogP contribution is 1.99. The van der Waals surface area contributed by atoms with Crippen molar-refractivity contribution < 1.29 is 13.9 Å². The van der Waals surface area contributed by atoms with Gasteiger partial charge in [0.15, 0.2) is 0 Å². The number of alkyl halides is 2. The Morgan fingerprint density at radius 1 is 1.25 bits per heavy atom. The first kappa shape index (κ1) is 13.8. The predicted molar refractivity (Wildman–Crippen MR) is 58.8 cm³/mol. The Balaban J connectivity index is 1.99. The molecule has 96 valence electrons. The fourth-order valence-corrected chi connectivity index (χ4v) is 1.65. The van der Waals surface area contributed by atoms with Crippen molar-refractivity contribution in [3.8, 4) is 0 Å². The van der Waals surface area contributed by atoms with Gasteiger partial charge in [-0.25, -0.2) is 8.78 Å². The van der Waals surface area contributed by atoms with Crippen LogP contribution in [0.4, 0.5) is 8.78 Å². The van der Waals surface area contributed by atoms with Gasteiger partial charge in [-0.05, 0) is 7.05 Å². The van der Waals surface area contributed by atoms with Gasteiger partial charge in [-0.3, -0.25) is 4.90 Å². The van der Waals surface area contributed by atoms with E-state index in [1.807, 2.05) is 0 Å². The quantitative estimate of drug-likeness (QED) is 0.608. The van der Waals surface area contributed by atoms with E-state index in [-0.39, 0.29) is 6.54 Å². The van der Waals surface area contributed by atoms with Crippen LogP contribution >= 0.6 is 0 Å². The number of aliphatic hydroxyl groups excluding tert-OH is 1. The van der Waals surface area contributed by atoms with Crippen molar-refractivity contribution in [3.63, 3.8) is 0 Å². The summed E-state index contributed by atoms with van der Waals surface area (Å²) < 4.78 is 23.9. The maximum absolute atomic E-state index is 11.9. The summed E-state index contributed by atoms with van der Waals surface area (Å²) in [6, 6.07) is 0. The van der Waals surface area contributed by atoms with Gasteiger partial charge in [0.25, 0.3) is 6.43 Å². The molecule has 1 aliphatic heterocycles. The van der Waals surface area contributed by atoms with Crippen LogP contribution in [0, 0.1) is 0 Å². The first-order chi connectivity index (χ1) is 7.59. The molecule has 0 aromatic heterocycles. The molecule has 0 radical (unpaired) electrons. The fourth-order valence-electron chi connectivity index (χ4n) is 1.65. The number of nitrogens with one attached hydrogen (secondary N) is 1. The highest BCUT2D eigenvalue weighted by atomic mass is 19.3. The Morgan fingerprint density at radius 3 is 2.44 bits per heavy atom. The van der Waals surface area contributed by atoms with Crippen molar-refractivity contribution in [1.29, 1.82) is 0 Å². The van der Waals surface area contributed by atoms with Gasteiger partial charge >= 0.3 is 0 Å². The Labute approximate surface area is 95.2 Å². The van der Waals surface area contributed by atoms with Crippen molar-refractivity contribution in [1.82, 2.24) is 15.1 Å². The first-order valence-electron chi connectivity index (χ1n) is 5.67. The Hall–Kier alpha value is -0.300. The lowest BCUT2D eigenvalue weighted by Gasteiger charge is -2.32. The predicted octanol–water partition coefficient (Wildman–Crippen LogP) is -0.551. The van der Waals surface area contributed by atoms with Gasteiger partial charge in [0.1, 0.15) is 6.10 Å². The van der Waals surface area contributed by atoms with Crippen LogP contribution in [0.15, 0.2) is 0 Å². The van der Waals surface area contributed by atoms with Crippen molar-refractivity contribution >= 4 is 0 Å². The summed E-state index contributed by atoms with van der Waals surface area (Å²) in [7, 11) is 2.09. The standard InChI is InChI=1S/C10H21F2N3O/c1-14-4-6-15(7-5-14)3-2-13-8-9(16)10(11)12/h9-10,13,16H,2-8H2,1H3. The molecule has 1 atom stereocenters. The third-order valence-corrected chi connectivity index (χ3v) is 2.85. The van der Waals surface area contributed by atoms with Gasteiger partial charge in [-0.15, -0.1) is 0 Å². The van der Waals surface area contributed by atoms with E-state index in [0.717, 1.165) is 32.7 Å². The number of aliphatic hydroxyl groups is 1. The number of hydrogen-bond acceptors (Lipinski definition) is 4. The molecule has 0 saturated carbocycles. The molecule has 6 heteroatoms. The average molecular weight is 237 g/mol. The lowest BCUT2D eigenvalue weighted by molar-refractivity contribution is -0.00349. The van der Waals surface area contributed by atoms with E-state index < -0.39 is 12.5 Å². The summed E-state index contributed by atoms with van der Waals surface area (Å²) in [6.07, 6.45) is -4.20. The minimum absolute atomic E-state index is 0.0363. The summed E-state index contributed by atoms with van der Waals surface area (Å²) >= 11 is 0. The van der Waals surface area contributed by atoms with Crippen LogP contribution < -0.4 is 5.32 Å². The van der Waals surface area contributed by atoms with Crippen LogP contribution in [-0.2, 0) is 0 Å². The second-order valence-corrected chi connectivity index (χ2v) is 4.25. The highest BCUT2D eigenvalue weighted by molar-refractivity contribution is 4.70. The summed E-state index contributed by atoms with van der Waals surface area (Å²) in [4.78, 5) is 4.56. The van der Waals surface area contributed by atoms with E-state index in [9.17, 15) is 8.78 Å². The molecular formula is C10H21F2N3O. The molecule has 4 nitrogen and oxygen atoms in total. The molecule has 1 aliphatic rings. The molecule has 0 bridgehead atoms. The van der Waals surface area contributed by atoms with E-state index in [4.69, 9.17) is 5.11 Å². The van der Waals surface area contributed by atoms with Crippen molar-refractivity contribution in [2.45, 2.75) is 12.5 Å². The van der Waals surface area contributed by atoms with E-state index in [0.29, 0.717) is 6.54 Å². The van der Waals surface area contributed by atoms with Gasteiger partial charge < -0.3 is 15.3 Å². The zero-order chi connectivity index (χ0) is 12.0. The molecule has 0 amide bonds. The smallest absolute Gasteiger partial charge is 0.265 e. The Morgan fingerprint density at radius 2 is 1.88 bits per heavy atom. The second kappa shape index (κ2) is 7.11. The SMILES string of the molecule is CN1CCN(CCNCC(O)C(F)F)CC1. The van der Waals surface area contributed by atoms with Crippen molar-refractivity contribution in [2.75, 3.05) is 52.9 Å². The molecule has 1 fully saturated rings.